The van der Waals surface area contributed by atoms with Crippen molar-refractivity contribution in [1.82, 2.24) is 4.98 Å². The Morgan fingerprint density at radius 3 is 2.62 bits per heavy atom. The summed E-state index contributed by atoms with van der Waals surface area (Å²) in [6, 6.07) is 6.76. The van der Waals surface area contributed by atoms with Gasteiger partial charge in [0.15, 0.2) is 11.6 Å². The van der Waals surface area contributed by atoms with Crippen molar-refractivity contribution in [2.24, 2.45) is 0 Å². The molecule has 1 aromatic carbocycles. The first-order chi connectivity index (χ1) is 7.59. The van der Waals surface area contributed by atoms with Gasteiger partial charge in [-0.25, -0.2) is 13.8 Å². The number of hydrogen-bond donors (Lipinski definition) is 1. The van der Waals surface area contributed by atoms with Crippen molar-refractivity contribution < 1.29 is 13.9 Å². The summed E-state index contributed by atoms with van der Waals surface area (Å²) < 4.78 is 26.5. The molecule has 4 heteroatoms. The van der Waals surface area contributed by atoms with Crippen LogP contribution in [-0.2, 0) is 0 Å². The van der Waals surface area contributed by atoms with E-state index in [0.717, 1.165) is 6.07 Å². The summed E-state index contributed by atoms with van der Waals surface area (Å²) in [7, 11) is 0. The van der Waals surface area contributed by atoms with Crippen LogP contribution in [-0.4, -0.2) is 10.1 Å². The quantitative estimate of drug-likeness (QED) is 0.802. The Kier molecular flexibility index (Phi) is 2.56. The molecule has 0 saturated carbocycles. The highest BCUT2D eigenvalue weighted by atomic mass is 19.2. The number of aromatic hydroxyl groups is 1. The fourth-order valence-electron chi connectivity index (χ4n) is 1.43. The lowest BCUT2D eigenvalue weighted by molar-refractivity contribution is 0.472. The van der Waals surface area contributed by atoms with E-state index < -0.39 is 11.6 Å². The Morgan fingerprint density at radius 1 is 1.12 bits per heavy atom. The Bertz CT molecular complexity index is 541. The third kappa shape index (κ3) is 1.74. The van der Waals surface area contributed by atoms with Crippen molar-refractivity contribution in [3.8, 4) is 17.0 Å². The highest BCUT2D eigenvalue weighted by molar-refractivity contribution is 5.66. The number of pyridine rings is 1. The van der Waals surface area contributed by atoms with E-state index in [9.17, 15) is 13.9 Å². The van der Waals surface area contributed by atoms with Crippen LogP contribution in [0, 0.1) is 18.6 Å². The Labute approximate surface area is 91.2 Å². The third-order valence-corrected chi connectivity index (χ3v) is 2.22. The Balaban J connectivity index is 2.67. The molecule has 82 valence electrons. The largest absolute Gasteiger partial charge is 0.506 e. The summed E-state index contributed by atoms with van der Waals surface area (Å²) in [5.41, 5.74) is 0.634. The van der Waals surface area contributed by atoms with Crippen LogP contribution in [0.1, 0.15) is 5.69 Å². The number of benzene rings is 1. The molecule has 0 saturated heterocycles. The van der Waals surface area contributed by atoms with Crippen molar-refractivity contribution in [2.45, 2.75) is 6.92 Å². The van der Waals surface area contributed by atoms with Crippen LogP contribution < -0.4 is 0 Å². The number of aromatic nitrogens is 1. The lowest BCUT2D eigenvalue weighted by atomic mass is 10.1. The van der Waals surface area contributed by atoms with Gasteiger partial charge in [-0.05, 0) is 31.2 Å². The second-order valence-electron chi connectivity index (χ2n) is 3.42. The van der Waals surface area contributed by atoms with E-state index in [0.29, 0.717) is 5.69 Å². The number of hydrogen-bond acceptors (Lipinski definition) is 2. The van der Waals surface area contributed by atoms with Gasteiger partial charge < -0.3 is 5.11 Å². The Hall–Kier alpha value is -1.97. The summed E-state index contributed by atoms with van der Waals surface area (Å²) >= 11 is 0. The van der Waals surface area contributed by atoms with E-state index in [1.165, 1.54) is 18.2 Å². The van der Waals surface area contributed by atoms with E-state index in [-0.39, 0.29) is 17.0 Å². The van der Waals surface area contributed by atoms with Crippen LogP contribution >= 0.6 is 0 Å². The Morgan fingerprint density at radius 2 is 1.88 bits per heavy atom. The molecule has 2 aromatic rings. The molecule has 0 spiro atoms. The van der Waals surface area contributed by atoms with Gasteiger partial charge in [-0.15, -0.1) is 0 Å². The summed E-state index contributed by atoms with van der Waals surface area (Å²) in [5.74, 6) is -2.13. The van der Waals surface area contributed by atoms with Crippen LogP contribution in [0.15, 0.2) is 30.3 Å². The van der Waals surface area contributed by atoms with E-state index in [1.54, 1.807) is 13.0 Å². The fraction of sp³-hybridized carbons (Fsp3) is 0.0833. The SMILES string of the molecule is Cc1ccc(O)c(-c2cccc(F)c2F)n1. The van der Waals surface area contributed by atoms with E-state index in [4.69, 9.17) is 0 Å². The number of rotatable bonds is 1. The van der Waals surface area contributed by atoms with Gasteiger partial charge in [0.25, 0.3) is 0 Å². The monoisotopic (exact) mass is 221 g/mol. The van der Waals surface area contributed by atoms with Crippen LogP contribution in [0.2, 0.25) is 0 Å². The molecule has 1 aromatic heterocycles. The minimum absolute atomic E-state index is 0.0406. The lowest BCUT2D eigenvalue weighted by Gasteiger charge is -2.06. The lowest BCUT2D eigenvalue weighted by Crippen LogP contribution is -1.93. The predicted molar refractivity (Wildman–Crippen MR) is 56.0 cm³/mol. The summed E-state index contributed by atoms with van der Waals surface area (Å²) in [5, 5.41) is 9.55. The van der Waals surface area contributed by atoms with Crippen molar-refractivity contribution >= 4 is 0 Å². The maximum atomic E-state index is 13.5. The van der Waals surface area contributed by atoms with Gasteiger partial charge in [-0.3, -0.25) is 0 Å². The second-order valence-corrected chi connectivity index (χ2v) is 3.42. The molecule has 0 aliphatic rings. The number of nitrogens with zero attached hydrogens (tertiary/aromatic N) is 1. The smallest absolute Gasteiger partial charge is 0.168 e. The minimum atomic E-state index is -1.00. The molecule has 16 heavy (non-hydrogen) atoms. The molecular weight excluding hydrogens is 212 g/mol. The highest BCUT2D eigenvalue weighted by Crippen LogP contribution is 2.29. The molecule has 1 heterocycles. The van der Waals surface area contributed by atoms with Gasteiger partial charge in [0.2, 0.25) is 0 Å². The molecule has 0 aliphatic carbocycles. The second kappa shape index (κ2) is 3.89. The molecule has 0 amide bonds. The standard InChI is InChI=1S/C12H9F2NO/c1-7-5-6-10(16)12(15-7)8-3-2-4-9(13)11(8)14/h2-6,16H,1H3. The zero-order chi connectivity index (χ0) is 11.7. The maximum absolute atomic E-state index is 13.5. The zero-order valence-corrected chi connectivity index (χ0v) is 8.54. The average molecular weight is 221 g/mol. The first-order valence-corrected chi connectivity index (χ1v) is 4.70. The van der Waals surface area contributed by atoms with Gasteiger partial charge in [0.05, 0.1) is 0 Å². The van der Waals surface area contributed by atoms with Crippen LogP contribution in [0.5, 0.6) is 5.75 Å². The van der Waals surface area contributed by atoms with Crippen LogP contribution in [0.3, 0.4) is 0 Å². The number of halogens is 2. The molecule has 0 radical (unpaired) electrons. The van der Waals surface area contributed by atoms with E-state index in [2.05, 4.69) is 4.98 Å². The van der Waals surface area contributed by atoms with Gasteiger partial charge in [-0.2, -0.15) is 0 Å². The predicted octanol–water partition coefficient (Wildman–Crippen LogP) is 3.04. The molecule has 0 fully saturated rings. The van der Waals surface area contributed by atoms with Crippen molar-refractivity contribution in [1.29, 1.82) is 0 Å². The third-order valence-electron chi connectivity index (χ3n) is 2.22. The molecule has 0 bridgehead atoms. The first-order valence-electron chi connectivity index (χ1n) is 4.70. The van der Waals surface area contributed by atoms with Gasteiger partial charge >= 0.3 is 0 Å². The van der Waals surface area contributed by atoms with Gasteiger partial charge in [0, 0.05) is 11.3 Å². The first kappa shape index (κ1) is 10.5. The van der Waals surface area contributed by atoms with Crippen molar-refractivity contribution in [3.05, 3.63) is 47.7 Å². The van der Waals surface area contributed by atoms with Gasteiger partial charge in [-0.1, -0.05) is 6.07 Å². The summed E-state index contributed by atoms with van der Waals surface area (Å²) in [6.45, 7) is 1.71. The van der Waals surface area contributed by atoms with Crippen molar-refractivity contribution in [2.75, 3.05) is 0 Å². The summed E-state index contributed by atoms with van der Waals surface area (Å²) in [6.07, 6.45) is 0. The highest BCUT2D eigenvalue weighted by Gasteiger charge is 2.14. The topological polar surface area (TPSA) is 33.1 Å². The molecular formula is C12H9F2NO. The van der Waals surface area contributed by atoms with Crippen LogP contribution in [0.4, 0.5) is 8.78 Å². The van der Waals surface area contributed by atoms with E-state index in [1.807, 2.05) is 0 Å². The molecule has 0 aliphatic heterocycles. The minimum Gasteiger partial charge on any atom is -0.506 e. The number of aryl methyl sites for hydroxylation is 1. The molecule has 0 unspecified atom stereocenters. The van der Waals surface area contributed by atoms with E-state index >= 15 is 0 Å². The van der Waals surface area contributed by atoms with Crippen molar-refractivity contribution in [3.63, 3.8) is 0 Å². The molecule has 1 N–H and O–H groups in total. The van der Waals surface area contributed by atoms with Gasteiger partial charge in [0.1, 0.15) is 11.4 Å². The average Bonchev–Trinajstić information content (AvgIpc) is 2.26. The summed E-state index contributed by atoms with van der Waals surface area (Å²) in [4.78, 5) is 3.99. The fourth-order valence-corrected chi connectivity index (χ4v) is 1.43. The van der Waals surface area contributed by atoms with Crippen LogP contribution in [0.25, 0.3) is 11.3 Å². The molecule has 0 atom stereocenters. The molecule has 2 nitrogen and oxygen atoms in total. The normalized spacial score (nSPS) is 10.4. The maximum Gasteiger partial charge on any atom is 0.168 e. The molecule has 2 rings (SSSR count). The zero-order valence-electron chi connectivity index (χ0n) is 8.54.